The van der Waals surface area contributed by atoms with Crippen molar-refractivity contribution in [2.24, 2.45) is 0 Å². The van der Waals surface area contributed by atoms with Crippen LogP contribution in [-0.4, -0.2) is 25.7 Å². The van der Waals surface area contributed by atoms with Gasteiger partial charge in [0.05, 0.1) is 13.2 Å². The molecular formula is C19H24N2O3. The van der Waals surface area contributed by atoms with Crippen molar-refractivity contribution in [2.75, 3.05) is 25.5 Å². The Bertz CT molecular complexity index is 669. The lowest BCUT2D eigenvalue weighted by Gasteiger charge is -2.12. The van der Waals surface area contributed by atoms with Crippen molar-refractivity contribution < 1.29 is 14.3 Å². The van der Waals surface area contributed by atoms with E-state index >= 15 is 0 Å². The second-order valence-electron chi connectivity index (χ2n) is 5.28. The van der Waals surface area contributed by atoms with Crippen LogP contribution in [-0.2, 0) is 6.42 Å². The van der Waals surface area contributed by atoms with Gasteiger partial charge in [0, 0.05) is 17.8 Å². The quantitative estimate of drug-likeness (QED) is 0.731. The van der Waals surface area contributed by atoms with Crippen molar-refractivity contribution in [1.82, 2.24) is 5.32 Å². The second-order valence-corrected chi connectivity index (χ2v) is 5.28. The van der Waals surface area contributed by atoms with E-state index < -0.39 is 0 Å². The lowest BCUT2D eigenvalue weighted by Crippen LogP contribution is -2.25. The molecule has 24 heavy (non-hydrogen) atoms. The lowest BCUT2D eigenvalue weighted by molar-refractivity contribution is 0.0953. The Morgan fingerprint density at radius 1 is 1.00 bits per heavy atom. The van der Waals surface area contributed by atoms with E-state index in [0.717, 1.165) is 17.7 Å². The van der Waals surface area contributed by atoms with Crippen LogP contribution < -0.4 is 20.5 Å². The maximum atomic E-state index is 12.3. The predicted molar refractivity (Wildman–Crippen MR) is 95.7 cm³/mol. The van der Waals surface area contributed by atoms with Crippen molar-refractivity contribution in [3.05, 3.63) is 53.6 Å². The van der Waals surface area contributed by atoms with Gasteiger partial charge < -0.3 is 20.5 Å². The summed E-state index contributed by atoms with van der Waals surface area (Å²) in [5.74, 6) is 1.11. The van der Waals surface area contributed by atoms with E-state index in [-0.39, 0.29) is 5.91 Å². The average Bonchev–Trinajstić information content (AvgIpc) is 2.58. The number of carbonyl (C=O) groups excluding carboxylic acids is 1. The molecule has 0 aliphatic carbocycles. The fourth-order valence-corrected chi connectivity index (χ4v) is 2.30. The summed E-state index contributed by atoms with van der Waals surface area (Å²) in [6, 6.07) is 12.9. The maximum absolute atomic E-state index is 12.3. The number of nitrogens with one attached hydrogen (secondary N) is 1. The van der Waals surface area contributed by atoms with Gasteiger partial charge in [0.1, 0.15) is 0 Å². The zero-order valence-electron chi connectivity index (χ0n) is 14.2. The molecule has 0 bridgehead atoms. The molecule has 0 saturated carbocycles. The summed E-state index contributed by atoms with van der Waals surface area (Å²) in [5.41, 5.74) is 8.08. The number of nitrogens with two attached hydrogens (primary N) is 1. The van der Waals surface area contributed by atoms with Crippen LogP contribution in [0.25, 0.3) is 0 Å². The molecule has 128 valence electrons. The molecule has 2 aromatic carbocycles. The second kappa shape index (κ2) is 8.82. The van der Waals surface area contributed by atoms with Gasteiger partial charge in [-0.2, -0.15) is 0 Å². The fraction of sp³-hybridized carbons (Fsp3) is 0.316. The van der Waals surface area contributed by atoms with E-state index in [1.54, 1.807) is 18.2 Å². The van der Waals surface area contributed by atoms with Gasteiger partial charge >= 0.3 is 0 Å². The van der Waals surface area contributed by atoms with E-state index in [4.69, 9.17) is 15.2 Å². The molecule has 0 aromatic heterocycles. The number of hydrogen-bond acceptors (Lipinski definition) is 4. The molecule has 1 amide bonds. The number of ether oxygens (including phenoxy) is 2. The first-order chi connectivity index (χ1) is 11.6. The first kappa shape index (κ1) is 17.7. The zero-order valence-corrected chi connectivity index (χ0v) is 14.2. The molecule has 0 unspecified atom stereocenters. The highest BCUT2D eigenvalue weighted by Gasteiger charge is 2.11. The molecule has 5 nitrogen and oxygen atoms in total. The van der Waals surface area contributed by atoms with Crippen LogP contribution in [0.4, 0.5) is 5.69 Å². The highest BCUT2D eigenvalue weighted by molar-refractivity contribution is 5.94. The van der Waals surface area contributed by atoms with Crippen LogP contribution in [0.1, 0.15) is 29.8 Å². The minimum absolute atomic E-state index is 0.130. The number of nitrogen functional groups attached to an aromatic ring is 1. The minimum atomic E-state index is -0.130. The summed E-state index contributed by atoms with van der Waals surface area (Å²) in [6.07, 6.45) is 0.751. The SMILES string of the molecule is CCOc1ccc(C(=O)NCCc2ccc(N)cc2)cc1OCC. The van der Waals surface area contributed by atoms with Gasteiger partial charge in [0.15, 0.2) is 11.5 Å². The average molecular weight is 328 g/mol. The van der Waals surface area contributed by atoms with Gasteiger partial charge in [-0.1, -0.05) is 12.1 Å². The predicted octanol–water partition coefficient (Wildman–Crippen LogP) is 3.04. The molecule has 0 radical (unpaired) electrons. The molecule has 2 aromatic rings. The van der Waals surface area contributed by atoms with Gasteiger partial charge in [-0.05, 0) is 56.2 Å². The molecule has 0 aliphatic heterocycles. The Balaban J connectivity index is 1.96. The Kier molecular flexibility index (Phi) is 6.49. The monoisotopic (exact) mass is 328 g/mol. The summed E-state index contributed by atoms with van der Waals surface area (Å²) < 4.78 is 11.1. The topological polar surface area (TPSA) is 73.6 Å². The highest BCUT2D eigenvalue weighted by Crippen LogP contribution is 2.28. The molecule has 0 heterocycles. The van der Waals surface area contributed by atoms with E-state index in [1.807, 2.05) is 38.1 Å². The maximum Gasteiger partial charge on any atom is 0.251 e. The number of amides is 1. The fourth-order valence-electron chi connectivity index (χ4n) is 2.30. The van der Waals surface area contributed by atoms with Crippen molar-refractivity contribution in [2.45, 2.75) is 20.3 Å². The van der Waals surface area contributed by atoms with Crippen molar-refractivity contribution >= 4 is 11.6 Å². The minimum Gasteiger partial charge on any atom is -0.490 e. The Morgan fingerprint density at radius 3 is 2.33 bits per heavy atom. The standard InChI is InChI=1S/C19H24N2O3/c1-3-23-17-10-7-15(13-18(17)24-4-2)19(22)21-12-11-14-5-8-16(20)9-6-14/h5-10,13H,3-4,11-12,20H2,1-2H3,(H,21,22). The summed E-state index contributed by atoms with van der Waals surface area (Å²) in [7, 11) is 0. The van der Waals surface area contributed by atoms with Crippen LogP contribution in [0.2, 0.25) is 0 Å². The molecule has 5 heteroatoms. The molecule has 2 rings (SSSR count). The Hall–Kier alpha value is -2.69. The molecule has 0 aliphatic rings. The van der Waals surface area contributed by atoms with E-state index in [1.165, 1.54) is 0 Å². The molecule has 0 spiro atoms. The number of anilines is 1. The summed E-state index contributed by atoms with van der Waals surface area (Å²) in [5, 5.41) is 2.92. The van der Waals surface area contributed by atoms with Crippen molar-refractivity contribution in [3.8, 4) is 11.5 Å². The molecule has 0 atom stereocenters. The molecule has 3 N–H and O–H groups in total. The summed E-state index contributed by atoms with van der Waals surface area (Å²) >= 11 is 0. The number of benzene rings is 2. The van der Waals surface area contributed by atoms with Crippen LogP contribution in [0.15, 0.2) is 42.5 Å². The molecule has 0 fully saturated rings. The third-order valence-corrected chi connectivity index (χ3v) is 3.48. The van der Waals surface area contributed by atoms with Crippen LogP contribution in [0.5, 0.6) is 11.5 Å². The van der Waals surface area contributed by atoms with Crippen LogP contribution >= 0.6 is 0 Å². The number of hydrogen-bond donors (Lipinski definition) is 2. The molecular weight excluding hydrogens is 304 g/mol. The molecule has 0 saturated heterocycles. The lowest BCUT2D eigenvalue weighted by atomic mass is 10.1. The normalized spacial score (nSPS) is 10.2. The highest BCUT2D eigenvalue weighted by atomic mass is 16.5. The van der Waals surface area contributed by atoms with Crippen LogP contribution in [0.3, 0.4) is 0 Å². The van der Waals surface area contributed by atoms with Gasteiger partial charge in [-0.25, -0.2) is 0 Å². The van der Waals surface area contributed by atoms with Gasteiger partial charge in [0.2, 0.25) is 0 Å². The largest absolute Gasteiger partial charge is 0.490 e. The Labute approximate surface area is 142 Å². The van der Waals surface area contributed by atoms with E-state index in [0.29, 0.717) is 36.8 Å². The third-order valence-electron chi connectivity index (χ3n) is 3.48. The van der Waals surface area contributed by atoms with Crippen molar-refractivity contribution in [1.29, 1.82) is 0 Å². The van der Waals surface area contributed by atoms with E-state index in [9.17, 15) is 4.79 Å². The Morgan fingerprint density at radius 2 is 1.67 bits per heavy atom. The number of carbonyl (C=O) groups is 1. The first-order valence-electron chi connectivity index (χ1n) is 8.16. The van der Waals surface area contributed by atoms with Crippen LogP contribution in [0, 0.1) is 0 Å². The smallest absolute Gasteiger partial charge is 0.251 e. The number of rotatable bonds is 8. The van der Waals surface area contributed by atoms with E-state index in [2.05, 4.69) is 5.32 Å². The van der Waals surface area contributed by atoms with Crippen molar-refractivity contribution in [3.63, 3.8) is 0 Å². The summed E-state index contributed by atoms with van der Waals surface area (Å²) in [6.45, 7) is 5.43. The zero-order chi connectivity index (χ0) is 17.4. The third kappa shape index (κ3) is 4.91. The van der Waals surface area contributed by atoms with Gasteiger partial charge in [-0.3, -0.25) is 4.79 Å². The first-order valence-corrected chi connectivity index (χ1v) is 8.16. The summed E-state index contributed by atoms with van der Waals surface area (Å²) in [4.78, 5) is 12.3. The van der Waals surface area contributed by atoms with Gasteiger partial charge in [0.25, 0.3) is 5.91 Å². The van der Waals surface area contributed by atoms with Gasteiger partial charge in [-0.15, -0.1) is 0 Å².